The van der Waals surface area contributed by atoms with Crippen LogP contribution in [0, 0.1) is 11.8 Å². The maximum atomic E-state index is 13.7. The van der Waals surface area contributed by atoms with Crippen LogP contribution in [-0.2, 0) is 27.2 Å². The van der Waals surface area contributed by atoms with Gasteiger partial charge in [0, 0.05) is 30.5 Å². The number of rotatable bonds is 17. The number of hydrogen-bond donors (Lipinski definition) is 3. The van der Waals surface area contributed by atoms with Gasteiger partial charge in [0.25, 0.3) is 5.91 Å². The summed E-state index contributed by atoms with van der Waals surface area (Å²) in [5.41, 5.74) is 1.39. The SMILES string of the molecule is CCC(C)[C@H](NC(=O)CN(C)C)C(=O)N(C)[C@H](CCc1nc(C(=O)N[C@H](/C=C(\C)C(=O)O)Cc2ccccc2)cs1)C(C)C. The third-order valence-corrected chi connectivity index (χ3v) is 8.62. The summed E-state index contributed by atoms with van der Waals surface area (Å²) in [6.07, 6.45) is 3.96. The third-order valence-electron chi connectivity index (χ3n) is 7.71. The summed E-state index contributed by atoms with van der Waals surface area (Å²) in [6.45, 7) is 9.83. The van der Waals surface area contributed by atoms with E-state index < -0.39 is 18.1 Å². The van der Waals surface area contributed by atoms with E-state index >= 15 is 0 Å². The molecule has 0 bridgehead atoms. The zero-order valence-electron chi connectivity index (χ0n) is 27.3. The van der Waals surface area contributed by atoms with Gasteiger partial charge in [-0.15, -0.1) is 11.3 Å². The van der Waals surface area contributed by atoms with Crippen molar-refractivity contribution in [3.05, 3.63) is 63.6 Å². The molecule has 1 aromatic heterocycles. The summed E-state index contributed by atoms with van der Waals surface area (Å²) in [5.74, 6) is -1.58. The third kappa shape index (κ3) is 11.5. The van der Waals surface area contributed by atoms with E-state index in [1.807, 2.05) is 58.3 Å². The van der Waals surface area contributed by atoms with E-state index in [-0.39, 0.29) is 53.4 Å². The molecule has 10 nitrogen and oxygen atoms in total. The Kier molecular flexibility index (Phi) is 14.7. The number of carboxylic acids is 1. The van der Waals surface area contributed by atoms with Crippen LogP contribution in [0.15, 0.2) is 47.4 Å². The van der Waals surface area contributed by atoms with Crippen molar-refractivity contribution >= 4 is 35.0 Å². The number of nitrogens with one attached hydrogen (secondary N) is 2. The Balaban J connectivity index is 2.12. The summed E-state index contributed by atoms with van der Waals surface area (Å²) in [6, 6.07) is 8.33. The molecule has 0 aliphatic rings. The fourth-order valence-electron chi connectivity index (χ4n) is 4.98. The van der Waals surface area contributed by atoms with Gasteiger partial charge >= 0.3 is 5.97 Å². The smallest absolute Gasteiger partial charge is 0.331 e. The standard InChI is InChI=1S/C33H49N5O5S/c1-9-22(4)30(36-28(39)19-37(6)7)32(41)38(8)27(21(2)3)15-16-29-35-26(20-44-29)31(40)34-25(17-23(5)33(42)43)18-24-13-11-10-12-14-24/h10-14,17,20-22,25,27,30H,9,15-16,18-19H2,1-8H3,(H,34,40)(H,36,39)(H,42,43)/b23-17+/t22?,25-,27-,30+/m1/s1. The van der Waals surface area contributed by atoms with Crippen molar-refractivity contribution in [1.82, 2.24) is 25.4 Å². The number of aromatic nitrogens is 1. The molecule has 0 spiro atoms. The summed E-state index contributed by atoms with van der Waals surface area (Å²) < 4.78 is 0. The fourth-order valence-corrected chi connectivity index (χ4v) is 5.78. The van der Waals surface area contributed by atoms with Crippen LogP contribution in [0.25, 0.3) is 0 Å². The highest BCUT2D eigenvalue weighted by Crippen LogP contribution is 2.21. The number of aryl methyl sites for hydroxylation is 1. The van der Waals surface area contributed by atoms with Gasteiger partial charge in [-0.05, 0) is 51.3 Å². The van der Waals surface area contributed by atoms with Gasteiger partial charge in [-0.25, -0.2) is 9.78 Å². The molecule has 0 aliphatic carbocycles. The number of carbonyl (C=O) groups is 4. The second-order valence-corrected chi connectivity index (χ2v) is 13.0. The number of aliphatic carboxylic acids is 1. The Bertz CT molecular complexity index is 1280. The van der Waals surface area contributed by atoms with E-state index in [2.05, 4.69) is 29.5 Å². The molecular formula is C33H49N5O5S. The quantitative estimate of drug-likeness (QED) is 0.226. The molecular weight excluding hydrogens is 578 g/mol. The topological polar surface area (TPSA) is 132 Å². The first-order valence-corrected chi connectivity index (χ1v) is 16.0. The number of nitrogens with zero attached hydrogens (tertiary/aromatic N) is 3. The number of amides is 3. The highest BCUT2D eigenvalue weighted by atomic mass is 32.1. The molecule has 2 rings (SSSR count). The second-order valence-electron chi connectivity index (χ2n) is 12.0. The number of likely N-dealkylation sites (N-methyl/N-ethyl adjacent to an activating group) is 2. The molecule has 4 atom stereocenters. The van der Waals surface area contributed by atoms with Crippen LogP contribution in [0.2, 0.25) is 0 Å². The minimum atomic E-state index is -1.04. The van der Waals surface area contributed by atoms with E-state index in [4.69, 9.17) is 0 Å². The van der Waals surface area contributed by atoms with Crippen molar-refractivity contribution in [1.29, 1.82) is 0 Å². The molecule has 44 heavy (non-hydrogen) atoms. The lowest BCUT2D eigenvalue weighted by Gasteiger charge is -2.35. The fraction of sp³-hybridized carbons (Fsp3) is 0.545. The highest BCUT2D eigenvalue weighted by molar-refractivity contribution is 7.09. The average Bonchev–Trinajstić information content (AvgIpc) is 3.44. The Morgan fingerprint density at radius 3 is 2.27 bits per heavy atom. The van der Waals surface area contributed by atoms with Gasteiger partial charge in [0.2, 0.25) is 11.8 Å². The molecule has 0 saturated heterocycles. The van der Waals surface area contributed by atoms with Gasteiger partial charge in [-0.2, -0.15) is 0 Å². The largest absolute Gasteiger partial charge is 0.478 e. The Hall–Kier alpha value is -3.57. The molecule has 242 valence electrons. The van der Waals surface area contributed by atoms with Gasteiger partial charge in [0.05, 0.1) is 17.6 Å². The van der Waals surface area contributed by atoms with Crippen LogP contribution in [0.4, 0.5) is 0 Å². The summed E-state index contributed by atoms with van der Waals surface area (Å²) >= 11 is 1.38. The van der Waals surface area contributed by atoms with Crippen LogP contribution >= 0.6 is 11.3 Å². The first-order valence-electron chi connectivity index (χ1n) is 15.1. The number of hydrogen-bond acceptors (Lipinski definition) is 7. The van der Waals surface area contributed by atoms with Gasteiger partial charge in [-0.3, -0.25) is 14.4 Å². The van der Waals surface area contributed by atoms with Gasteiger partial charge < -0.3 is 25.5 Å². The van der Waals surface area contributed by atoms with Crippen molar-refractivity contribution in [3.63, 3.8) is 0 Å². The molecule has 1 unspecified atom stereocenters. The predicted octanol–water partition coefficient (Wildman–Crippen LogP) is 4.02. The Morgan fingerprint density at radius 2 is 1.70 bits per heavy atom. The number of thiazole rings is 1. The van der Waals surface area contributed by atoms with Gasteiger partial charge in [0.15, 0.2) is 0 Å². The Labute approximate surface area is 265 Å². The monoisotopic (exact) mass is 627 g/mol. The van der Waals surface area contributed by atoms with Crippen molar-refractivity contribution in [2.24, 2.45) is 11.8 Å². The minimum Gasteiger partial charge on any atom is -0.478 e. The molecule has 0 fully saturated rings. The molecule has 1 aromatic carbocycles. The van der Waals surface area contributed by atoms with Crippen LogP contribution in [0.5, 0.6) is 0 Å². The van der Waals surface area contributed by atoms with Gasteiger partial charge in [-0.1, -0.05) is 70.5 Å². The second kappa shape index (κ2) is 17.7. The predicted molar refractivity (Wildman–Crippen MR) is 175 cm³/mol. The molecule has 0 radical (unpaired) electrons. The normalized spacial score (nSPS) is 14.5. The lowest BCUT2D eigenvalue weighted by atomic mass is 9.93. The van der Waals surface area contributed by atoms with Crippen LogP contribution < -0.4 is 10.6 Å². The average molecular weight is 628 g/mol. The molecule has 11 heteroatoms. The molecule has 0 saturated carbocycles. The van der Waals surface area contributed by atoms with Crippen molar-refractivity contribution in [2.75, 3.05) is 27.7 Å². The van der Waals surface area contributed by atoms with Crippen LogP contribution in [0.3, 0.4) is 0 Å². The zero-order chi connectivity index (χ0) is 33.0. The van der Waals surface area contributed by atoms with Crippen molar-refractivity contribution in [3.8, 4) is 0 Å². The van der Waals surface area contributed by atoms with E-state index in [0.717, 1.165) is 17.0 Å². The van der Waals surface area contributed by atoms with Gasteiger partial charge in [0.1, 0.15) is 11.7 Å². The molecule has 2 aromatic rings. The highest BCUT2D eigenvalue weighted by Gasteiger charge is 2.32. The first kappa shape index (κ1) is 36.6. The Morgan fingerprint density at radius 1 is 1.05 bits per heavy atom. The zero-order valence-corrected chi connectivity index (χ0v) is 28.1. The van der Waals surface area contributed by atoms with Crippen LogP contribution in [0.1, 0.15) is 68.5 Å². The minimum absolute atomic E-state index is 0.0243. The summed E-state index contributed by atoms with van der Waals surface area (Å²) in [4.78, 5) is 58.9. The summed E-state index contributed by atoms with van der Waals surface area (Å²) in [5, 5.41) is 17.7. The van der Waals surface area contributed by atoms with Crippen LogP contribution in [-0.4, -0.2) is 89.4 Å². The van der Waals surface area contributed by atoms with E-state index in [1.54, 1.807) is 28.3 Å². The molecule has 1 heterocycles. The molecule has 3 amide bonds. The lowest BCUT2D eigenvalue weighted by Crippen LogP contribution is -2.55. The first-order chi connectivity index (χ1) is 20.7. The lowest BCUT2D eigenvalue weighted by molar-refractivity contribution is -0.139. The maximum absolute atomic E-state index is 13.7. The van der Waals surface area contributed by atoms with Crippen molar-refractivity contribution < 1.29 is 24.3 Å². The number of benzene rings is 1. The molecule has 3 N–H and O–H groups in total. The summed E-state index contributed by atoms with van der Waals surface area (Å²) in [7, 11) is 5.42. The van der Waals surface area contributed by atoms with E-state index in [0.29, 0.717) is 19.3 Å². The maximum Gasteiger partial charge on any atom is 0.331 e. The number of carboxylic acid groups (broad SMARTS) is 1. The number of carbonyl (C=O) groups excluding carboxylic acids is 3. The van der Waals surface area contributed by atoms with E-state index in [9.17, 15) is 24.3 Å². The van der Waals surface area contributed by atoms with E-state index in [1.165, 1.54) is 18.3 Å². The van der Waals surface area contributed by atoms with Crippen molar-refractivity contribution in [2.45, 2.75) is 78.4 Å². The molecule has 0 aliphatic heterocycles.